The number of nitrogens with zero attached hydrogens (tertiary/aromatic N) is 3. The predicted molar refractivity (Wildman–Crippen MR) is 145 cm³/mol. The van der Waals surface area contributed by atoms with E-state index in [0.29, 0.717) is 6.04 Å². The molecule has 0 amide bonds. The number of carbonyl (C=O) groups excluding carboxylic acids is 1. The SMILES string of the molecule is COC(=O)/C=C/c1ccc2c(c1)CCC2N(CCc1c[nH]c2cc(OC)ccc12)Cc1cnn(C)c1C. The molecule has 1 aliphatic carbocycles. The van der Waals surface area contributed by atoms with Crippen LogP contribution in [-0.2, 0) is 36.0 Å². The molecule has 0 bridgehead atoms. The fraction of sp³-hybridized carbons (Fsp3) is 0.333. The topological polar surface area (TPSA) is 72.4 Å². The van der Waals surface area contributed by atoms with Gasteiger partial charge in [0.2, 0.25) is 0 Å². The number of rotatable bonds is 9. The Kier molecular flexibility index (Phi) is 7.15. The van der Waals surface area contributed by atoms with Crippen LogP contribution in [0.5, 0.6) is 5.75 Å². The number of aromatic amines is 1. The molecule has 7 heteroatoms. The van der Waals surface area contributed by atoms with Crippen LogP contribution < -0.4 is 4.74 Å². The summed E-state index contributed by atoms with van der Waals surface area (Å²) in [6, 6.07) is 13.1. The minimum absolute atomic E-state index is 0.332. The molecule has 7 nitrogen and oxygen atoms in total. The molecule has 4 aromatic rings. The van der Waals surface area contributed by atoms with E-state index in [1.165, 1.54) is 46.5 Å². The molecule has 2 aromatic carbocycles. The van der Waals surface area contributed by atoms with E-state index < -0.39 is 0 Å². The van der Waals surface area contributed by atoms with Gasteiger partial charge in [-0.15, -0.1) is 0 Å². The molecule has 2 aromatic heterocycles. The van der Waals surface area contributed by atoms with Gasteiger partial charge in [0.1, 0.15) is 5.75 Å². The molecule has 0 saturated carbocycles. The lowest BCUT2D eigenvalue weighted by Gasteiger charge is -2.30. The van der Waals surface area contributed by atoms with Crippen LogP contribution >= 0.6 is 0 Å². The molecule has 0 spiro atoms. The number of benzene rings is 2. The zero-order chi connectivity index (χ0) is 25.9. The first-order valence-corrected chi connectivity index (χ1v) is 12.7. The summed E-state index contributed by atoms with van der Waals surface area (Å²) in [7, 11) is 5.09. The first kappa shape index (κ1) is 24.8. The summed E-state index contributed by atoms with van der Waals surface area (Å²) >= 11 is 0. The van der Waals surface area contributed by atoms with Crippen molar-refractivity contribution in [3.8, 4) is 5.75 Å². The molecule has 1 N–H and O–H groups in total. The summed E-state index contributed by atoms with van der Waals surface area (Å²) in [6.45, 7) is 3.92. The number of carbonyl (C=O) groups is 1. The second-order valence-electron chi connectivity index (χ2n) is 9.69. The van der Waals surface area contributed by atoms with Gasteiger partial charge in [-0.25, -0.2) is 4.79 Å². The van der Waals surface area contributed by atoms with Gasteiger partial charge in [-0.05, 0) is 66.6 Å². The molecular weight excluding hydrogens is 464 g/mol. The zero-order valence-corrected chi connectivity index (χ0v) is 22.0. The van der Waals surface area contributed by atoms with Crippen LogP contribution in [0.4, 0.5) is 0 Å². The third kappa shape index (κ3) is 5.18. The molecule has 192 valence electrons. The first-order valence-electron chi connectivity index (χ1n) is 12.7. The summed E-state index contributed by atoms with van der Waals surface area (Å²) in [5, 5.41) is 5.73. The summed E-state index contributed by atoms with van der Waals surface area (Å²) in [5.74, 6) is 0.519. The standard InChI is InChI=1S/C30H34N4O3/c1-20-24(18-32-33(20)2)19-34(14-13-23-17-31-28-16-25(36-3)8-10-26(23)28)29-11-7-22-15-21(5-9-27(22)29)6-12-30(35)37-4/h5-6,8-10,12,15-18,29,31H,7,11,13-14,19H2,1-4H3/b12-6+. The van der Waals surface area contributed by atoms with Gasteiger partial charge in [-0.3, -0.25) is 9.58 Å². The Morgan fingerprint density at radius 3 is 2.84 bits per heavy atom. The van der Waals surface area contributed by atoms with E-state index in [1.54, 1.807) is 7.11 Å². The highest BCUT2D eigenvalue weighted by atomic mass is 16.5. The van der Waals surface area contributed by atoms with Crippen molar-refractivity contribution in [3.05, 3.63) is 88.4 Å². The average molecular weight is 499 g/mol. The molecule has 2 heterocycles. The molecule has 37 heavy (non-hydrogen) atoms. The molecule has 0 saturated heterocycles. The van der Waals surface area contributed by atoms with Crippen LogP contribution in [0.1, 0.15) is 46.0 Å². The van der Waals surface area contributed by atoms with E-state index in [-0.39, 0.29) is 5.97 Å². The van der Waals surface area contributed by atoms with E-state index in [0.717, 1.165) is 49.2 Å². The van der Waals surface area contributed by atoms with E-state index in [1.807, 2.05) is 30.1 Å². The van der Waals surface area contributed by atoms with E-state index in [4.69, 9.17) is 9.47 Å². The highest BCUT2D eigenvalue weighted by molar-refractivity contribution is 5.87. The Bertz CT molecular complexity index is 1450. The predicted octanol–water partition coefficient (Wildman–Crippen LogP) is 5.14. The monoisotopic (exact) mass is 498 g/mol. The minimum atomic E-state index is -0.341. The normalized spacial score (nSPS) is 15.1. The number of esters is 1. The largest absolute Gasteiger partial charge is 0.497 e. The summed E-state index contributed by atoms with van der Waals surface area (Å²) in [4.78, 5) is 17.5. The second-order valence-corrected chi connectivity index (χ2v) is 9.69. The van der Waals surface area contributed by atoms with Gasteiger partial charge in [0.25, 0.3) is 0 Å². The number of ether oxygens (including phenoxy) is 2. The lowest BCUT2D eigenvalue weighted by molar-refractivity contribution is -0.134. The van der Waals surface area contributed by atoms with Crippen molar-refractivity contribution in [2.24, 2.45) is 7.05 Å². The fourth-order valence-electron chi connectivity index (χ4n) is 5.36. The molecular formula is C30H34N4O3. The molecule has 5 rings (SSSR count). The van der Waals surface area contributed by atoms with E-state index in [9.17, 15) is 4.79 Å². The fourth-order valence-corrected chi connectivity index (χ4v) is 5.36. The van der Waals surface area contributed by atoms with Crippen LogP contribution in [-0.4, -0.2) is 46.4 Å². The van der Waals surface area contributed by atoms with Crippen molar-refractivity contribution in [1.82, 2.24) is 19.7 Å². The average Bonchev–Trinajstić information content (AvgIpc) is 3.62. The molecule has 0 aliphatic heterocycles. The number of methoxy groups -OCH3 is 2. The van der Waals surface area contributed by atoms with Gasteiger partial charge in [-0.1, -0.05) is 18.2 Å². The lowest BCUT2D eigenvalue weighted by atomic mass is 10.0. The Balaban J connectivity index is 1.40. The van der Waals surface area contributed by atoms with Crippen molar-refractivity contribution in [1.29, 1.82) is 0 Å². The Hall–Kier alpha value is -3.84. The number of hydrogen-bond donors (Lipinski definition) is 1. The number of aryl methyl sites for hydroxylation is 2. The summed E-state index contributed by atoms with van der Waals surface area (Å²) in [5.41, 5.74) is 8.62. The van der Waals surface area contributed by atoms with Gasteiger partial charge >= 0.3 is 5.97 Å². The van der Waals surface area contributed by atoms with Crippen LogP contribution in [0.2, 0.25) is 0 Å². The van der Waals surface area contributed by atoms with Crippen molar-refractivity contribution in [3.63, 3.8) is 0 Å². The number of fused-ring (bicyclic) bond motifs is 2. The van der Waals surface area contributed by atoms with Crippen molar-refractivity contribution >= 4 is 22.9 Å². The third-order valence-electron chi connectivity index (χ3n) is 7.62. The van der Waals surface area contributed by atoms with Gasteiger partial charge < -0.3 is 14.5 Å². The molecule has 0 radical (unpaired) electrons. The minimum Gasteiger partial charge on any atom is -0.497 e. The van der Waals surface area contributed by atoms with Crippen LogP contribution in [0, 0.1) is 6.92 Å². The van der Waals surface area contributed by atoms with Gasteiger partial charge in [-0.2, -0.15) is 5.10 Å². The van der Waals surface area contributed by atoms with Crippen LogP contribution in [0.25, 0.3) is 17.0 Å². The van der Waals surface area contributed by atoms with Gasteiger partial charge in [0, 0.05) is 66.7 Å². The smallest absolute Gasteiger partial charge is 0.330 e. The first-order chi connectivity index (χ1) is 18.0. The maximum atomic E-state index is 11.5. The van der Waals surface area contributed by atoms with Gasteiger partial charge in [0.05, 0.1) is 20.4 Å². The van der Waals surface area contributed by atoms with Crippen molar-refractivity contribution in [2.45, 2.75) is 38.8 Å². The quantitative estimate of drug-likeness (QED) is 0.256. The highest BCUT2D eigenvalue weighted by Gasteiger charge is 2.29. The summed E-state index contributed by atoms with van der Waals surface area (Å²) < 4.78 is 12.1. The second kappa shape index (κ2) is 10.6. The molecule has 0 fully saturated rings. The highest BCUT2D eigenvalue weighted by Crippen LogP contribution is 2.38. The van der Waals surface area contributed by atoms with Crippen LogP contribution in [0.3, 0.4) is 0 Å². The lowest BCUT2D eigenvalue weighted by Crippen LogP contribution is -2.29. The van der Waals surface area contributed by atoms with E-state index in [2.05, 4.69) is 58.4 Å². The number of aromatic nitrogens is 3. The number of H-pyrrole nitrogens is 1. The molecule has 1 aliphatic rings. The summed E-state index contributed by atoms with van der Waals surface area (Å²) in [6.07, 6.45) is 10.5. The van der Waals surface area contributed by atoms with Gasteiger partial charge in [0.15, 0.2) is 0 Å². The van der Waals surface area contributed by atoms with Crippen LogP contribution in [0.15, 0.2) is 54.9 Å². The molecule has 1 unspecified atom stereocenters. The molecule has 1 atom stereocenters. The number of hydrogen-bond acceptors (Lipinski definition) is 5. The van der Waals surface area contributed by atoms with Crippen molar-refractivity contribution in [2.75, 3.05) is 20.8 Å². The Labute approximate surface area is 217 Å². The maximum absolute atomic E-state index is 11.5. The Morgan fingerprint density at radius 1 is 1.22 bits per heavy atom. The van der Waals surface area contributed by atoms with Crippen molar-refractivity contribution < 1.29 is 14.3 Å². The number of nitrogens with one attached hydrogen (secondary N) is 1. The Morgan fingerprint density at radius 2 is 2.08 bits per heavy atom. The third-order valence-corrected chi connectivity index (χ3v) is 7.62. The maximum Gasteiger partial charge on any atom is 0.330 e. The zero-order valence-electron chi connectivity index (χ0n) is 22.0. The van der Waals surface area contributed by atoms with E-state index >= 15 is 0 Å².